The molecule has 0 N–H and O–H groups in total. The molecular weight excluding hydrogens is 396 g/mol. The lowest BCUT2D eigenvalue weighted by Crippen LogP contribution is -2.24. The molecule has 3 unspecified atom stereocenters. The highest BCUT2D eigenvalue weighted by molar-refractivity contribution is 5.92. The van der Waals surface area contributed by atoms with Gasteiger partial charge in [-0.1, -0.05) is 71.1 Å². The van der Waals surface area contributed by atoms with Crippen LogP contribution in [0.4, 0.5) is 0 Å². The van der Waals surface area contributed by atoms with Gasteiger partial charge in [-0.05, 0) is 79.3 Å². The molecule has 32 heavy (non-hydrogen) atoms. The quantitative estimate of drug-likeness (QED) is 0.202. The molecule has 1 aliphatic rings. The Hall–Kier alpha value is -2.29. The summed E-state index contributed by atoms with van der Waals surface area (Å²) in [4.78, 5) is 13.1. The second-order valence-electron chi connectivity index (χ2n) is 9.41. The van der Waals surface area contributed by atoms with Gasteiger partial charge in [-0.3, -0.25) is 0 Å². The van der Waals surface area contributed by atoms with Crippen LogP contribution in [0, 0.1) is 11.8 Å². The first-order valence-electron chi connectivity index (χ1n) is 12.7. The van der Waals surface area contributed by atoms with Gasteiger partial charge in [0, 0.05) is 0 Å². The van der Waals surface area contributed by atoms with E-state index in [0.717, 1.165) is 36.5 Å². The van der Waals surface area contributed by atoms with E-state index in [4.69, 9.17) is 9.47 Å². The second-order valence-corrected chi connectivity index (χ2v) is 9.41. The van der Waals surface area contributed by atoms with Crippen LogP contribution in [0.15, 0.2) is 48.5 Å². The standard InChI is InChI=1S/C29H40O3/c1-4-6-8-11-23-14-19-26(22(3)21-23)27-12-9-10-13-28(27)29(30)32-25-17-15-24(16-18-25)31-20-7-5-2/h9-10,12-13,15-18,22-23,26H,4-8,11,14,19-21H2,1-3H3. The number of carbonyl (C=O) groups is 1. The van der Waals surface area contributed by atoms with Crippen LogP contribution in [0.2, 0.25) is 0 Å². The first-order valence-corrected chi connectivity index (χ1v) is 12.7. The van der Waals surface area contributed by atoms with E-state index in [9.17, 15) is 4.79 Å². The normalized spacial score (nSPS) is 20.7. The molecule has 3 atom stereocenters. The third-order valence-corrected chi connectivity index (χ3v) is 6.87. The van der Waals surface area contributed by atoms with Crippen molar-refractivity contribution in [2.45, 2.75) is 84.5 Å². The fourth-order valence-electron chi connectivity index (χ4n) is 5.02. The summed E-state index contributed by atoms with van der Waals surface area (Å²) in [5.74, 6) is 2.95. The third-order valence-electron chi connectivity index (χ3n) is 6.87. The van der Waals surface area contributed by atoms with Gasteiger partial charge in [-0.2, -0.15) is 0 Å². The average molecular weight is 437 g/mol. The predicted molar refractivity (Wildman–Crippen MR) is 132 cm³/mol. The number of benzene rings is 2. The van der Waals surface area contributed by atoms with Crippen LogP contribution in [-0.4, -0.2) is 12.6 Å². The third kappa shape index (κ3) is 6.85. The summed E-state index contributed by atoms with van der Waals surface area (Å²) in [7, 11) is 0. The zero-order chi connectivity index (χ0) is 22.8. The first-order chi connectivity index (χ1) is 15.6. The van der Waals surface area contributed by atoms with E-state index in [-0.39, 0.29) is 5.97 Å². The Labute approximate surface area is 194 Å². The molecule has 1 saturated carbocycles. The minimum absolute atomic E-state index is 0.266. The van der Waals surface area contributed by atoms with E-state index in [0.29, 0.717) is 29.8 Å². The summed E-state index contributed by atoms with van der Waals surface area (Å²) < 4.78 is 11.4. The lowest BCUT2D eigenvalue weighted by atomic mass is 9.70. The molecule has 0 bridgehead atoms. The largest absolute Gasteiger partial charge is 0.494 e. The Morgan fingerprint density at radius 1 is 0.906 bits per heavy atom. The molecule has 0 saturated heterocycles. The molecule has 3 heteroatoms. The monoisotopic (exact) mass is 436 g/mol. The molecule has 0 aromatic heterocycles. The fraction of sp³-hybridized carbons (Fsp3) is 0.552. The number of unbranched alkanes of at least 4 members (excludes halogenated alkanes) is 3. The number of carbonyl (C=O) groups excluding carboxylic acids is 1. The fourth-order valence-corrected chi connectivity index (χ4v) is 5.02. The van der Waals surface area contributed by atoms with E-state index >= 15 is 0 Å². The number of ether oxygens (including phenoxy) is 2. The Morgan fingerprint density at radius 2 is 1.62 bits per heavy atom. The van der Waals surface area contributed by atoms with Crippen LogP contribution in [0.3, 0.4) is 0 Å². The number of hydrogen-bond donors (Lipinski definition) is 0. The van der Waals surface area contributed by atoms with Crippen molar-refractivity contribution in [3.05, 3.63) is 59.7 Å². The minimum atomic E-state index is -0.266. The summed E-state index contributed by atoms with van der Waals surface area (Å²) >= 11 is 0. The molecule has 1 aliphatic carbocycles. The molecule has 174 valence electrons. The Balaban J connectivity index is 1.63. The number of rotatable bonds is 11. The van der Waals surface area contributed by atoms with Crippen LogP contribution >= 0.6 is 0 Å². The van der Waals surface area contributed by atoms with Crippen LogP contribution in [0.5, 0.6) is 11.5 Å². The van der Waals surface area contributed by atoms with Crippen LogP contribution in [-0.2, 0) is 0 Å². The van der Waals surface area contributed by atoms with Crippen molar-refractivity contribution in [1.82, 2.24) is 0 Å². The van der Waals surface area contributed by atoms with Gasteiger partial charge >= 0.3 is 5.97 Å². The van der Waals surface area contributed by atoms with E-state index in [1.807, 2.05) is 36.4 Å². The summed E-state index contributed by atoms with van der Waals surface area (Å²) in [5, 5.41) is 0. The predicted octanol–water partition coefficient (Wildman–Crippen LogP) is 8.18. The van der Waals surface area contributed by atoms with Crippen molar-refractivity contribution in [2.24, 2.45) is 11.8 Å². The molecule has 2 aromatic rings. The van der Waals surface area contributed by atoms with Gasteiger partial charge in [0.15, 0.2) is 0 Å². The maximum atomic E-state index is 13.1. The zero-order valence-electron chi connectivity index (χ0n) is 20.1. The Morgan fingerprint density at radius 3 is 2.34 bits per heavy atom. The van der Waals surface area contributed by atoms with Gasteiger partial charge in [0.25, 0.3) is 0 Å². The zero-order valence-corrected chi connectivity index (χ0v) is 20.1. The molecule has 3 rings (SSSR count). The van der Waals surface area contributed by atoms with E-state index < -0.39 is 0 Å². The second kappa shape index (κ2) is 12.7. The highest BCUT2D eigenvalue weighted by Crippen LogP contribution is 2.43. The minimum Gasteiger partial charge on any atom is -0.494 e. The van der Waals surface area contributed by atoms with Gasteiger partial charge in [0.2, 0.25) is 0 Å². The topological polar surface area (TPSA) is 35.5 Å². The van der Waals surface area contributed by atoms with E-state index in [2.05, 4.69) is 32.9 Å². The van der Waals surface area contributed by atoms with Gasteiger partial charge in [-0.25, -0.2) is 4.79 Å². The van der Waals surface area contributed by atoms with Gasteiger partial charge < -0.3 is 9.47 Å². The molecule has 0 aliphatic heterocycles. The molecule has 0 heterocycles. The van der Waals surface area contributed by atoms with Crippen molar-refractivity contribution in [3.8, 4) is 11.5 Å². The van der Waals surface area contributed by atoms with Crippen LogP contribution in [0.1, 0.15) is 100 Å². The molecule has 0 amide bonds. The smallest absolute Gasteiger partial charge is 0.343 e. The average Bonchev–Trinajstić information content (AvgIpc) is 2.81. The summed E-state index contributed by atoms with van der Waals surface area (Å²) in [6.07, 6.45) is 11.2. The van der Waals surface area contributed by atoms with Crippen molar-refractivity contribution in [3.63, 3.8) is 0 Å². The molecule has 1 fully saturated rings. The highest BCUT2D eigenvalue weighted by atomic mass is 16.5. The van der Waals surface area contributed by atoms with Crippen molar-refractivity contribution >= 4 is 5.97 Å². The Bertz CT molecular complexity index is 827. The highest BCUT2D eigenvalue weighted by Gasteiger charge is 2.31. The lowest BCUT2D eigenvalue weighted by molar-refractivity contribution is 0.0731. The summed E-state index contributed by atoms with van der Waals surface area (Å²) in [6, 6.07) is 15.4. The van der Waals surface area contributed by atoms with Gasteiger partial charge in [0.05, 0.1) is 12.2 Å². The molecule has 0 radical (unpaired) electrons. The lowest BCUT2D eigenvalue weighted by Gasteiger charge is -2.35. The molecule has 2 aromatic carbocycles. The summed E-state index contributed by atoms with van der Waals surface area (Å²) in [5.41, 5.74) is 1.86. The Kier molecular flexibility index (Phi) is 9.64. The van der Waals surface area contributed by atoms with E-state index in [1.165, 1.54) is 38.5 Å². The SMILES string of the molecule is CCCCCC1CCC(c2ccccc2C(=O)Oc2ccc(OCCCC)cc2)C(C)C1. The summed E-state index contributed by atoms with van der Waals surface area (Å²) in [6.45, 7) is 7.48. The van der Waals surface area contributed by atoms with Crippen LogP contribution < -0.4 is 9.47 Å². The van der Waals surface area contributed by atoms with Gasteiger partial charge in [-0.15, -0.1) is 0 Å². The molecule has 3 nitrogen and oxygen atoms in total. The molecular formula is C29H40O3. The number of esters is 1. The van der Waals surface area contributed by atoms with Crippen molar-refractivity contribution in [2.75, 3.05) is 6.61 Å². The maximum Gasteiger partial charge on any atom is 0.343 e. The first kappa shape index (κ1) is 24.4. The van der Waals surface area contributed by atoms with Crippen molar-refractivity contribution in [1.29, 1.82) is 0 Å². The number of hydrogen-bond acceptors (Lipinski definition) is 3. The van der Waals surface area contributed by atoms with Gasteiger partial charge in [0.1, 0.15) is 11.5 Å². The van der Waals surface area contributed by atoms with Crippen LogP contribution in [0.25, 0.3) is 0 Å². The molecule has 0 spiro atoms. The van der Waals surface area contributed by atoms with E-state index in [1.54, 1.807) is 0 Å². The maximum absolute atomic E-state index is 13.1. The van der Waals surface area contributed by atoms with Crippen molar-refractivity contribution < 1.29 is 14.3 Å².